The Bertz CT molecular complexity index is 1930. The second kappa shape index (κ2) is 15.3. The third-order valence-electron chi connectivity index (χ3n) is 10.8. The number of pyridine rings is 1. The predicted molar refractivity (Wildman–Crippen MR) is 187 cm³/mol. The molecule has 8 unspecified atom stereocenters. The molecule has 1 aliphatic heterocycles. The number of rotatable bonds is 3. The molecule has 11 heteroatoms. The van der Waals surface area contributed by atoms with Crippen LogP contribution in [0.15, 0.2) is 94.4 Å². The number of benzene rings is 2. The third kappa shape index (κ3) is 7.29. The quantitative estimate of drug-likeness (QED) is 0.166. The Balaban J connectivity index is 0.000000440. The number of fused-ring (bicyclic) bond motifs is 4. The van der Waals surface area contributed by atoms with Gasteiger partial charge in [0.05, 0.1) is 29.4 Å². The number of nitriles is 1. The van der Waals surface area contributed by atoms with Crippen LogP contribution in [-0.2, 0) is 9.53 Å². The lowest BCUT2D eigenvalue weighted by molar-refractivity contribution is -0.241. The van der Waals surface area contributed by atoms with Crippen molar-refractivity contribution < 1.29 is 38.8 Å². The van der Waals surface area contributed by atoms with Crippen molar-refractivity contribution >= 4 is 12.4 Å². The van der Waals surface area contributed by atoms with E-state index < -0.39 is 46.8 Å². The molecule has 0 amide bonds. The van der Waals surface area contributed by atoms with E-state index >= 15 is 0 Å². The highest BCUT2D eigenvalue weighted by Crippen LogP contribution is 2.64. The standard InChI is InChI=1S/C32H32N2O7.C7H8.CH2O2/c1-17-21-13-25(40-29(37)19-8-6-18(15-33)7-9-19)32(3)28(31(21,2)11-10-22(17)35)27(36)26-24(41-32)14-23(39-30(26)38)20-5-4-12-34-16-20;1-7-5-3-2-4-6-7;2-1-3/h4-9,12,14,16-17,21-22,25,27-28,35-36H,10-11,13H2,1-3H3;2-6H,1H3;1H,(H,2,3). The van der Waals surface area contributed by atoms with Crippen LogP contribution in [0.4, 0.5) is 0 Å². The molecule has 2 aromatic heterocycles. The third-order valence-corrected chi connectivity index (χ3v) is 10.8. The monoisotopic (exact) mass is 694 g/mol. The summed E-state index contributed by atoms with van der Waals surface area (Å²) < 4.78 is 18.5. The van der Waals surface area contributed by atoms with Gasteiger partial charge in [0.15, 0.2) is 0 Å². The zero-order chi connectivity index (χ0) is 36.9. The first-order valence-corrected chi connectivity index (χ1v) is 16.8. The number of carbonyl (C=O) groups excluding carboxylic acids is 1. The average Bonchev–Trinajstić information content (AvgIpc) is 3.12. The number of aliphatic hydroxyl groups excluding tert-OH is 2. The number of esters is 1. The molecule has 8 atom stereocenters. The molecule has 51 heavy (non-hydrogen) atoms. The maximum atomic E-state index is 13.4. The summed E-state index contributed by atoms with van der Waals surface area (Å²) in [5, 5.41) is 38.8. The Morgan fingerprint density at radius 1 is 1.08 bits per heavy atom. The van der Waals surface area contributed by atoms with Crippen LogP contribution >= 0.6 is 0 Å². The zero-order valence-corrected chi connectivity index (χ0v) is 28.9. The van der Waals surface area contributed by atoms with Crippen LogP contribution in [0, 0.1) is 41.4 Å². The van der Waals surface area contributed by atoms with Crippen molar-refractivity contribution in [3.63, 3.8) is 0 Å². The van der Waals surface area contributed by atoms with Crippen LogP contribution in [0.3, 0.4) is 0 Å². The first-order chi connectivity index (χ1) is 24.4. The van der Waals surface area contributed by atoms with Gasteiger partial charge in [0.2, 0.25) is 0 Å². The van der Waals surface area contributed by atoms with Crippen LogP contribution < -0.4 is 10.4 Å². The van der Waals surface area contributed by atoms with E-state index in [2.05, 4.69) is 31.0 Å². The van der Waals surface area contributed by atoms with Gasteiger partial charge in [-0.15, -0.1) is 0 Å². The Hall–Kier alpha value is -5.31. The summed E-state index contributed by atoms with van der Waals surface area (Å²) in [6.07, 6.45) is 2.14. The van der Waals surface area contributed by atoms with E-state index in [1.54, 1.807) is 42.7 Å². The molecule has 2 saturated carbocycles. The van der Waals surface area contributed by atoms with E-state index in [1.807, 2.05) is 38.1 Å². The van der Waals surface area contributed by atoms with Crippen LogP contribution in [0.5, 0.6) is 5.75 Å². The summed E-state index contributed by atoms with van der Waals surface area (Å²) in [4.78, 5) is 39.2. The molecular formula is C40H42N2O9. The van der Waals surface area contributed by atoms with Gasteiger partial charge in [0.25, 0.3) is 6.47 Å². The SMILES string of the molecule is CC1C(O)CCC2(C)C1CC(OC(=O)c1ccc(C#N)cc1)C1(C)Oc3cc(-c4cccnc4)oc(=O)c3C(O)C21.Cc1ccccc1.O=CO. The van der Waals surface area contributed by atoms with Gasteiger partial charge < -0.3 is 29.2 Å². The van der Waals surface area contributed by atoms with Gasteiger partial charge in [-0.05, 0) is 86.8 Å². The Morgan fingerprint density at radius 2 is 1.76 bits per heavy atom. The predicted octanol–water partition coefficient (Wildman–Crippen LogP) is 6.11. The summed E-state index contributed by atoms with van der Waals surface area (Å²) in [5.41, 5.74) is 0.207. The highest BCUT2D eigenvalue weighted by molar-refractivity contribution is 5.89. The van der Waals surface area contributed by atoms with Gasteiger partial charge >= 0.3 is 11.6 Å². The van der Waals surface area contributed by atoms with E-state index in [0.717, 1.165) is 0 Å². The van der Waals surface area contributed by atoms with Crippen LogP contribution in [0.25, 0.3) is 11.3 Å². The van der Waals surface area contributed by atoms with Gasteiger partial charge in [-0.1, -0.05) is 49.7 Å². The number of nitrogens with zero attached hydrogens (tertiary/aromatic N) is 2. The molecule has 266 valence electrons. The lowest BCUT2D eigenvalue weighted by Gasteiger charge is -2.63. The summed E-state index contributed by atoms with van der Waals surface area (Å²) in [6.45, 7) is 7.72. The lowest BCUT2D eigenvalue weighted by atomic mass is 9.46. The van der Waals surface area contributed by atoms with Gasteiger partial charge in [-0.25, -0.2) is 9.59 Å². The summed E-state index contributed by atoms with van der Waals surface area (Å²) in [6, 6.07) is 23.5. The molecule has 3 heterocycles. The van der Waals surface area contributed by atoms with Gasteiger partial charge in [-0.2, -0.15) is 5.26 Å². The maximum Gasteiger partial charge on any atom is 0.345 e. The summed E-state index contributed by atoms with van der Waals surface area (Å²) >= 11 is 0. The number of carbonyl (C=O) groups is 2. The maximum absolute atomic E-state index is 13.4. The molecule has 11 nitrogen and oxygen atoms in total. The fourth-order valence-electron chi connectivity index (χ4n) is 8.23. The molecular weight excluding hydrogens is 652 g/mol. The van der Waals surface area contributed by atoms with Crippen molar-refractivity contribution in [2.24, 2.45) is 23.2 Å². The number of aliphatic hydroxyl groups is 2. The Kier molecular flexibility index (Phi) is 11.1. The fraction of sp³-hybridized carbons (Fsp3) is 0.375. The second-order valence-electron chi connectivity index (χ2n) is 13.8. The van der Waals surface area contributed by atoms with Crippen molar-refractivity contribution in [3.8, 4) is 23.1 Å². The molecule has 0 radical (unpaired) electrons. The van der Waals surface area contributed by atoms with Crippen LogP contribution in [0.1, 0.15) is 73.2 Å². The molecule has 7 rings (SSSR count). The molecule has 3 N–H and O–H groups in total. The van der Waals surface area contributed by atoms with Crippen LogP contribution in [0.2, 0.25) is 0 Å². The van der Waals surface area contributed by atoms with Gasteiger partial charge in [-0.3, -0.25) is 9.78 Å². The average molecular weight is 695 g/mol. The smallest absolute Gasteiger partial charge is 0.345 e. The van der Waals surface area contributed by atoms with Gasteiger partial charge in [0.1, 0.15) is 28.8 Å². The minimum atomic E-state index is -1.26. The minimum Gasteiger partial charge on any atom is -0.483 e. The van der Waals surface area contributed by atoms with E-state index in [9.17, 15) is 19.8 Å². The number of carboxylic acid groups (broad SMARTS) is 1. The fourth-order valence-corrected chi connectivity index (χ4v) is 8.23. The summed E-state index contributed by atoms with van der Waals surface area (Å²) in [5.74, 6) is -1.05. The molecule has 0 spiro atoms. The highest BCUT2D eigenvalue weighted by Gasteiger charge is 2.67. The molecule has 3 aliphatic rings. The number of hydrogen-bond acceptors (Lipinski definition) is 10. The molecule has 4 aromatic rings. The number of ether oxygens (including phenoxy) is 2. The molecule has 0 bridgehead atoms. The Labute approximate surface area is 296 Å². The van der Waals surface area contributed by atoms with E-state index in [4.69, 9.17) is 29.1 Å². The topological polar surface area (TPSA) is 180 Å². The van der Waals surface area contributed by atoms with Gasteiger partial charge in [0, 0.05) is 29.9 Å². The number of aryl methyl sites for hydroxylation is 1. The van der Waals surface area contributed by atoms with E-state index in [0.29, 0.717) is 30.4 Å². The number of aromatic nitrogens is 1. The first kappa shape index (κ1) is 37.0. The molecule has 0 saturated heterocycles. The van der Waals surface area contributed by atoms with Crippen molar-refractivity contribution in [2.75, 3.05) is 0 Å². The largest absolute Gasteiger partial charge is 0.483 e. The first-order valence-electron chi connectivity index (χ1n) is 16.8. The van der Waals surface area contributed by atoms with E-state index in [-0.39, 0.29) is 40.9 Å². The van der Waals surface area contributed by atoms with Crippen molar-refractivity contribution in [3.05, 3.63) is 118 Å². The van der Waals surface area contributed by atoms with E-state index in [1.165, 1.54) is 17.7 Å². The normalized spacial score (nSPS) is 28.6. The van der Waals surface area contributed by atoms with Crippen molar-refractivity contribution in [2.45, 2.75) is 70.9 Å². The highest BCUT2D eigenvalue weighted by atomic mass is 16.6. The molecule has 2 aromatic carbocycles. The molecule has 2 aliphatic carbocycles. The van der Waals surface area contributed by atoms with Crippen molar-refractivity contribution in [1.29, 1.82) is 5.26 Å². The minimum absolute atomic E-state index is 0.0398. The second-order valence-corrected chi connectivity index (χ2v) is 13.8. The summed E-state index contributed by atoms with van der Waals surface area (Å²) in [7, 11) is 0. The zero-order valence-electron chi connectivity index (χ0n) is 28.9. The van der Waals surface area contributed by atoms with Crippen molar-refractivity contribution in [1.82, 2.24) is 4.98 Å². The van der Waals surface area contributed by atoms with Crippen LogP contribution in [-0.4, -0.2) is 50.6 Å². The Morgan fingerprint density at radius 3 is 2.35 bits per heavy atom. The lowest BCUT2D eigenvalue weighted by Crippen LogP contribution is -2.69. The number of hydrogen-bond donors (Lipinski definition) is 3. The molecule has 2 fully saturated rings.